The Morgan fingerprint density at radius 1 is 0.486 bits per heavy atom. The summed E-state index contributed by atoms with van der Waals surface area (Å²) in [5.74, 6) is -4.34. The van der Waals surface area contributed by atoms with Gasteiger partial charge in [-0.2, -0.15) is 0 Å². The predicted octanol–water partition coefficient (Wildman–Crippen LogP) is -3.98. The maximum absolute atomic E-state index is 12.4. The Labute approximate surface area is 203 Å². The molecule has 35 heavy (non-hydrogen) atoms. The predicted molar refractivity (Wildman–Crippen MR) is 124 cm³/mol. The van der Waals surface area contributed by atoms with Crippen LogP contribution in [0, 0.1) is 0 Å². The van der Waals surface area contributed by atoms with Gasteiger partial charge in [0.15, 0.2) is 0 Å². The fraction of sp³-hybridized carbons (Fsp3) is 0.650. The van der Waals surface area contributed by atoms with E-state index in [1.807, 2.05) is 0 Å². The van der Waals surface area contributed by atoms with Crippen molar-refractivity contribution in [1.82, 2.24) is 37.4 Å². The highest BCUT2D eigenvalue weighted by molar-refractivity contribution is 5.96. The molecule has 0 fully saturated rings. The lowest BCUT2D eigenvalue weighted by Crippen LogP contribution is -2.57. The van der Waals surface area contributed by atoms with Gasteiger partial charge in [-0.1, -0.05) is 0 Å². The van der Waals surface area contributed by atoms with E-state index < -0.39 is 77.6 Å². The molecule has 0 aliphatic rings. The molecule has 0 aromatic carbocycles. The number of nitrogens with two attached hydrogens (primary N) is 1. The van der Waals surface area contributed by atoms with Crippen LogP contribution in [0.15, 0.2) is 0 Å². The average molecular weight is 501 g/mol. The van der Waals surface area contributed by atoms with E-state index in [9.17, 15) is 33.6 Å². The third-order valence-corrected chi connectivity index (χ3v) is 4.65. The number of hydrogen-bond acceptors (Lipinski definition) is 8. The molecule has 0 aliphatic heterocycles. The van der Waals surface area contributed by atoms with E-state index in [0.29, 0.717) is 0 Å². The van der Waals surface area contributed by atoms with Crippen LogP contribution < -0.4 is 43.2 Å². The highest BCUT2D eigenvalue weighted by atomic mass is 16.2. The van der Waals surface area contributed by atoms with E-state index in [1.54, 1.807) is 0 Å². The van der Waals surface area contributed by atoms with Gasteiger partial charge < -0.3 is 32.3 Å². The van der Waals surface area contributed by atoms with Crippen LogP contribution in [0.1, 0.15) is 48.5 Å². The molecule has 0 aromatic heterocycles. The first kappa shape index (κ1) is 31.2. The number of carbonyl (C=O) groups is 7. The van der Waals surface area contributed by atoms with Crippen molar-refractivity contribution in [1.29, 1.82) is 0 Å². The third-order valence-electron chi connectivity index (χ3n) is 4.65. The van der Waals surface area contributed by atoms with Crippen LogP contribution >= 0.6 is 0 Å². The minimum Gasteiger partial charge on any atom is -0.368 e. The van der Waals surface area contributed by atoms with Gasteiger partial charge in [-0.15, -0.1) is 0 Å². The second kappa shape index (κ2) is 14.5. The summed E-state index contributed by atoms with van der Waals surface area (Å²) in [6.07, 6.45) is 0. The van der Waals surface area contributed by atoms with Crippen LogP contribution in [0.5, 0.6) is 0 Å². The second-order valence-corrected chi connectivity index (χ2v) is 8.10. The number of rotatable bonds is 13. The lowest BCUT2D eigenvalue weighted by Gasteiger charge is -2.22. The van der Waals surface area contributed by atoms with Crippen LogP contribution in [0.25, 0.3) is 0 Å². The molecule has 198 valence electrons. The molecular weight excluding hydrogens is 464 g/mol. The topological polar surface area (TPSA) is 230 Å². The molecule has 6 atom stereocenters. The zero-order valence-electron chi connectivity index (χ0n) is 20.9. The highest BCUT2D eigenvalue weighted by Gasteiger charge is 2.26. The largest absolute Gasteiger partial charge is 0.368 e. The summed E-state index contributed by atoms with van der Waals surface area (Å²) in [6, 6.07) is -5.85. The Hall–Kier alpha value is -3.75. The summed E-state index contributed by atoms with van der Waals surface area (Å²) in [5.41, 5.74) is 9.79. The van der Waals surface area contributed by atoms with E-state index in [0.717, 1.165) is 0 Å². The van der Waals surface area contributed by atoms with Gasteiger partial charge in [-0.05, 0) is 41.5 Å². The van der Waals surface area contributed by atoms with Crippen molar-refractivity contribution >= 4 is 41.4 Å². The molecule has 0 aromatic rings. The van der Waals surface area contributed by atoms with Crippen LogP contribution in [0.2, 0.25) is 0 Å². The molecule has 0 radical (unpaired) electrons. The van der Waals surface area contributed by atoms with Crippen LogP contribution in [-0.2, 0) is 33.6 Å². The van der Waals surface area contributed by atoms with Gasteiger partial charge in [0.2, 0.25) is 41.4 Å². The summed E-state index contributed by atoms with van der Waals surface area (Å²) in [7, 11) is 0. The summed E-state index contributed by atoms with van der Waals surface area (Å²) < 4.78 is 0. The Morgan fingerprint density at radius 2 is 0.743 bits per heavy atom. The van der Waals surface area contributed by atoms with Crippen molar-refractivity contribution in [3.8, 4) is 0 Å². The fourth-order valence-electron chi connectivity index (χ4n) is 2.30. The molecule has 0 saturated carbocycles. The molecule has 0 rings (SSSR count). The van der Waals surface area contributed by atoms with Crippen molar-refractivity contribution in [3.05, 3.63) is 0 Å². The minimum absolute atomic E-state index is 0.395. The van der Waals surface area contributed by atoms with E-state index in [4.69, 9.17) is 5.73 Å². The first-order chi connectivity index (χ1) is 16.1. The maximum atomic E-state index is 12.4. The molecule has 15 nitrogen and oxygen atoms in total. The average Bonchev–Trinajstić information content (AvgIpc) is 2.76. The summed E-state index contributed by atoms with van der Waals surface area (Å²) >= 11 is 0. The molecule has 3 unspecified atom stereocenters. The number of nitrogens with one attached hydrogen (secondary N) is 7. The lowest BCUT2D eigenvalue weighted by molar-refractivity contribution is -0.134. The van der Waals surface area contributed by atoms with E-state index in [2.05, 4.69) is 37.4 Å². The third kappa shape index (κ3) is 11.8. The number of amides is 7. The van der Waals surface area contributed by atoms with Crippen molar-refractivity contribution in [3.63, 3.8) is 0 Å². The molecular formula is C20H36N8O7. The smallest absolute Gasteiger partial charge is 0.242 e. The quantitative estimate of drug-likeness (QED) is 0.116. The minimum atomic E-state index is -1.05. The van der Waals surface area contributed by atoms with Crippen LogP contribution in [0.3, 0.4) is 0 Å². The first-order valence-electron chi connectivity index (χ1n) is 10.9. The maximum Gasteiger partial charge on any atom is 0.242 e. The lowest BCUT2D eigenvalue weighted by atomic mass is 10.2. The normalized spacial score (nSPS) is 15.6. The van der Waals surface area contributed by atoms with Crippen LogP contribution in [-0.4, -0.2) is 77.6 Å². The Bertz CT molecular complexity index is 834. The van der Waals surface area contributed by atoms with Gasteiger partial charge in [0.1, 0.15) is 36.3 Å². The van der Waals surface area contributed by atoms with Crippen molar-refractivity contribution < 1.29 is 33.6 Å². The second-order valence-electron chi connectivity index (χ2n) is 8.10. The van der Waals surface area contributed by atoms with Crippen LogP contribution in [0.4, 0.5) is 0 Å². The SMILES string of the molecule is CC(=O)NNC(C)C(=O)N[C@@H](C)C(=O)NC(C)C(=O)N[C@@H](C)C(=O)NC(C)C(=O)N[C@@H](C)C(N)=O. The van der Waals surface area contributed by atoms with Gasteiger partial charge >= 0.3 is 0 Å². The van der Waals surface area contributed by atoms with E-state index >= 15 is 0 Å². The molecule has 9 N–H and O–H groups in total. The number of primary amides is 1. The van der Waals surface area contributed by atoms with Gasteiger partial charge in [0.05, 0.1) is 0 Å². The first-order valence-corrected chi connectivity index (χ1v) is 10.9. The monoisotopic (exact) mass is 500 g/mol. The van der Waals surface area contributed by atoms with E-state index in [-0.39, 0.29) is 0 Å². The molecule has 0 aliphatic carbocycles. The highest BCUT2D eigenvalue weighted by Crippen LogP contribution is 1.93. The van der Waals surface area contributed by atoms with Crippen molar-refractivity contribution in [2.45, 2.75) is 84.7 Å². The molecule has 15 heteroatoms. The molecule has 0 bridgehead atoms. The zero-order valence-corrected chi connectivity index (χ0v) is 20.9. The molecule has 7 amide bonds. The fourth-order valence-corrected chi connectivity index (χ4v) is 2.30. The van der Waals surface area contributed by atoms with Crippen molar-refractivity contribution in [2.24, 2.45) is 5.73 Å². The summed E-state index contributed by atoms with van der Waals surface area (Å²) in [4.78, 5) is 82.9. The van der Waals surface area contributed by atoms with Crippen molar-refractivity contribution in [2.75, 3.05) is 0 Å². The zero-order chi connectivity index (χ0) is 27.5. The number of hydrazine groups is 1. The molecule has 0 spiro atoms. The Kier molecular flexibility index (Phi) is 12.9. The Morgan fingerprint density at radius 3 is 1.00 bits per heavy atom. The molecule has 0 saturated heterocycles. The van der Waals surface area contributed by atoms with Gasteiger partial charge in [0.25, 0.3) is 0 Å². The number of carbonyl (C=O) groups excluding carboxylic acids is 7. The van der Waals surface area contributed by atoms with Gasteiger partial charge in [0, 0.05) is 6.92 Å². The number of hydrogen-bond donors (Lipinski definition) is 8. The summed E-state index contributed by atoms with van der Waals surface area (Å²) in [6.45, 7) is 9.68. The van der Waals surface area contributed by atoms with Gasteiger partial charge in [-0.25, -0.2) is 5.43 Å². The summed E-state index contributed by atoms with van der Waals surface area (Å²) in [5, 5.41) is 12.0. The standard InChI is InChI=1S/C20H36N8O7/c1-8(15(21)30)22-16(31)9(2)23-17(32)10(3)24-18(33)11(4)25-19(34)12(5)26-20(35)13(6)27-28-14(7)29/h8-13,27H,1-7H3,(H2,21,30)(H,22,31)(H,23,32)(H,24,33)(H,25,34)(H,26,35)(H,28,29)/t8-,9?,10-,11?,12-,13?/m0/s1. The van der Waals surface area contributed by atoms with E-state index in [1.165, 1.54) is 48.5 Å². The molecule has 0 heterocycles. The van der Waals surface area contributed by atoms with Gasteiger partial charge in [-0.3, -0.25) is 39.0 Å². The Balaban J connectivity index is 4.66.